The lowest BCUT2D eigenvalue weighted by Crippen LogP contribution is -2.35. The number of halogens is 3. The van der Waals surface area contributed by atoms with Crippen molar-refractivity contribution < 1.29 is 27.5 Å². The van der Waals surface area contributed by atoms with E-state index in [0.717, 1.165) is 14.4 Å². The molecule has 1 aliphatic heterocycles. The molecule has 0 spiro atoms. The number of hydrogen-bond donors (Lipinski definition) is 2. The van der Waals surface area contributed by atoms with Gasteiger partial charge in [0.25, 0.3) is 5.91 Å². The number of hydrogen-bond acceptors (Lipinski definition) is 7. The van der Waals surface area contributed by atoms with Crippen LogP contribution in [0.4, 0.5) is 24.0 Å². The molecule has 0 saturated heterocycles. The van der Waals surface area contributed by atoms with E-state index in [1.54, 1.807) is 45.2 Å². The lowest BCUT2D eigenvalue weighted by Gasteiger charge is -2.32. The molecule has 0 unspecified atom stereocenters. The van der Waals surface area contributed by atoms with Gasteiger partial charge in [0, 0.05) is 22.2 Å². The predicted octanol–water partition coefficient (Wildman–Crippen LogP) is 6.10. The number of nitrogens with zero attached hydrogens (tertiary/aromatic N) is 2. The highest BCUT2D eigenvalue weighted by atomic mass is 32.1. The van der Waals surface area contributed by atoms with Crippen molar-refractivity contribution in [1.29, 1.82) is 0 Å². The van der Waals surface area contributed by atoms with Gasteiger partial charge in [-0.25, -0.2) is 9.48 Å². The Hall–Kier alpha value is -2.86. The number of aromatic nitrogens is 2. The average molecular weight is 513 g/mol. The molecule has 34 heavy (non-hydrogen) atoms. The van der Waals surface area contributed by atoms with Crippen molar-refractivity contribution in [3.8, 4) is 0 Å². The van der Waals surface area contributed by atoms with Gasteiger partial charge in [0.2, 0.25) is 0 Å². The van der Waals surface area contributed by atoms with Crippen molar-refractivity contribution in [1.82, 2.24) is 9.78 Å². The topological polar surface area (TPSA) is 85.3 Å². The highest BCUT2D eigenvalue weighted by Crippen LogP contribution is 2.44. The van der Waals surface area contributed by atoms with Crippen molar-refractivity contribution in [3.63, 3.8) is 0 Å². The molecular weight excluding hydrogens is 489 g/mol. The zero-order valence-corrected chi connectivity index (χ0v) is 20.5. The predicted molar refractivity (Wildman–Crippen MR) is 125 cm³/mol. The van der Waals surface area contributed by atoms with Crippen molar-refractivity contribution in [2.75, 3.05) is 10.6 Å². The Bertz CT molecular complexity index is 1220. The number of carbonyl (C=O) groups is 2. The zero-order valence-electron chi connectivity index (χ0n) is 18.8. The molecule has 2 atom stereocenters. The van der Waals surface area contributed by atoms with Crippen molar-refractivity contribution in [3.05, 3.63) is 50.2 Å². The van der Waals surface area contributed by atoms with Gasteiger partial charge in [0.1, 0.15) is 10.8 Å². The number of nitrogens with one attached hydrogen (secondary N) is 2. The highest BCUT2D eigenvalue weighted by Gasteiger charge is 2.47. The standard InChI is InChI=1S/C22H23F3N4O3S2/c1-10(2)32-21(31)18-11(3)12(4)34-20(18)27-19(30)14-9-17-26-13(15-6-5-7-33-15)8-16(22(23,24)25)29(17)28-14/h5-7,9-10,13,16,26H,8H2,1-4H3,(H,27,30)/t13-,16-/m1/s1. The maximum absolute atomic E-state index is 13.8. The number of amides is 1. The van der Waals surface area contributed by atoms with E-state index in [1.807, 2.05) is 0 Å². The molecule has 12 heteroatoms. The Kier molecular flexibility index (Phi) is 6.47. The first-order valence-corrected chi connectivity index (χ1v) is 12.2. The summed E-state index contributed by atoms with van der Waals surface area (Å²) >= 11 is 2.56. The summed E-state index contributed by atoms with van der Waals surface area (Å²) in [4.78, 5) is 27.1. The van der Waals surface area contributed by atoms with Crippen molar-refractivity contribution in [2.24, 2.45) is 0 Å². The van der Waals surface area contributed by atoms with Crippen LogP contribution in [0.5, 0.6) is 0 Å². The molecule has 182 valence electrons. The van der Waals surface area contributed by atoms with Crippen LogP contribution in [0.3, 0.4) is 0 Å². The van der Waals surface area contributed by atoms with E-state index >= 15 is 0 Å². The van der Waals surface area contributed by atoms with Gasteiger partial charge >= 0.3 is 12.1 Å². The van der Waals surface area contributed by atoms with Crippen LogP contribution in [0.1, 0.15) is 68.5 Å². The second kappa shape index (κ2) is 9.06. The number of aryl methyl sites for hydroxylation is 1. The van der Waals surface area contributed by atoms with Crippen LogP contribution in [0.15, 0.2) is 23.6 Å². The second-order valence-corrected chi connectivity index (χ2v) is 10.5. The van der Waals surface area contributed by atoms with Gasteiger partial charge < -0.3 is 15.4 Å². The fourth-order valence-corrected chi connectivity index (χ4v) is 5.60. The Balaban J connectivity index is 1.64. The minimum Gasteiger partial charge on any atom is -0.459 e. The average Bonchev–Trinajstić information content (AvgIpc) is 3.45. The van der Waals surface area contributed by atoms with Crippen LogP contribution in [-0.4, -0.2) is 33.9 Å². The Labute approximate surface area is 201 Å². The van der Waals surface area contributed by atoms with E-state index in [1.165, 1.54) is 28.7 Å². The molecule has 0 bridgehead atoms. The third-order valence-electron chi connectivity index (χ3n) is 5.47. The summed E-state index contributed by atoms with van der Waals surface area (Å²) in [6.45, 7) is 6.98. The SMILES string of the molecule is Cc1sc(NC(=O)c2cc3n(n2)[C@@H](C(F)(F)F)C[C@H](c2cccs2)N3)c(C(=O)OC(C)C)c1C. The van der Waals surface area contributed by atoms with Gasteiger partial charge in [0.05, 0.1) is 17.7 Å². The fraction of sp³-hybridized carbons (Fsp3) is 0.409. The molecule has 2 N–H and O–H groups in total. The van der Waals surface area contributed by atoms with Gasteiger partial charge in [-0.05, 0) is 44.7 Å². The van der Waals surface area contributed by atoms with Gasteiger partial charge in [-0.3, -0.25) is 4.79 Å². The normalized spacial score (nSPS) is 17.9. The zero-order chi connectivity index (χ0) is 24.8. The Morgan fingerprint density at radius 3 is 2.68 bits per heavy atom. The second-order valence-electron chi connectivity index (χ2n) is 8.26. The number of rotatable bonds is 5. The van der Waals surface area contributed by atoms with Gasteiger partial charge in [-0.2, -0.15) is 18.3 Å². The van der Waals surface area contributed by atoms with Crippen LogP contribution in [-0.2, 0) is 4.74 Å². The van der Waals surface area contributed by atoms with E-state index in [4.69, 9.17) is 4.74 Å². The molecule has 4 rings (SSSR count). The molecule has 0 aliphatic carbocycles. The van der Waals surface area contributed by atoms with E-state index in [0.29, 0.717) is 5.56 Å². The third kappa shape index (κ3) is 4.69. The molecule has 0 fully saturated rings. The lowest BCUT2D eigenvalue weighted by atomic mass is 10.0. The molecular formula is C22H23F3N4O3S2. The van der Waals surface area contributed by atoms with Gasteiger partial charge in [-0.15, -0.1) is 22.7 Å². The molecule has 0 radical (unpaired) electrons. The maximum Gasteiger partial charge on any atom is 0.410 e. The molecule has 0 aromatic carbocycles. The number of carbonyl (C=O) groups excluding carboxylic acids is 2. The Morgan fingerprint density at radius 1 is 1.32 bits per heavy atom. The molecule has 7 nitrogen and oxygen atoms in total. The molecule has 4 heterocycles. The summed E-state index contributed by atoms with van der Waals surface area (Å²) in [7, 11) is 0. The van der Waals surface area contributed by atoms with Crippen molar-refractivity contribution >= 4 is 45.4 Å². The minimum absolute atomic E-state index is 0.107. The van der Waals surface area contributed by atoms with Crippen LogP contribution in [0.25, 0.3) is 0 Å². The van der Waals surface area contributed by atoms with E-state index in [-0.39, 0.29) is 34.6 Å². The molecule has 3 aromatic rings. The highest BCUT2D eigenvalue weighted by molar-refractivity contribution is 7.16. The lowest BCUT2D eigenvalue weighted by molar-refractivity contribution is -0.173. The van der Waals surface area contributed by atoms with Crippen molar-refractivity contribution in [2.45, 2.75) is 58.5 Å². The van der Waals surface area contributed by atoms with E-state index in [9.17, 15) is 22.8 Å². The number of esters is 1. The van der Waals surface area contributed by atoms with Crippen LogP contribution >= 0.6 is 22.7 Å². The minimum atomic E-state index is -4.54. The molecule has 3 aromatic heterocycles. The van der Waals surface area contributed by atoms with Crippen LogP contribution < -0.4 is 10.6 Å². The largest absolute Gasteiger partial charge is 0.459 e. The van der Waals surface area contributed by atoms with Crippen LogP contribution in [0, 0.1) is 13.8 Å². The maximum atomic E-state index is 13.8. The summed E-state index contributed by atoms with van der Waals surface area (Å²) < 4.78 is 47.7. The summed E-state index contributed by atoms with van der Waals surface area (Å²) in [6, 6.07) is 2.43. The third-order valence-corrected chi connectivity index (χ3v) is 7.58. The Morgan fingerprint density at radius 2 is 2.06 bits per heavy atom. The van der Waals surface area contributed by atoms with Crippen LogP contribution in [0.2, 0.25) is 0 Å². The smallest absolute Gasteiger partial charge is 0.410 e. The number of alkyl halides is 3. The molecule has 1 amide bonds. The summed E-state index contributed by atoms with van der Waals surface area (Å²) in [5.41, 5.74) is 0.723. The van der Waals surface area contributed by atoms with Gasteiger partial charge in [-0.1, -0.05) is 6.07 Å². The van der Waals surface area contributed by atoms with Gasteiger partial charge in [0.15, 0.2) is 11.7 Å². The number of anilines is 2. The first-order valence-electron chi connectivity index (χ1n) is 10.5. The summed E-state index contributed by atoms with van der Waals surface area (Å²) in [6.07, 6.45) is -5.13. The summed E-state index contributed by atoms with van der Waals surface area (Å²) in [5.74, 6) is -1.18. The van der Waals surface area contributed by atoms with E-state index < -0.39 is 30.1 Å². The number of fused-ring (bicyclic) bond motifs is 1. The first kappa shape index (κ1) is 24.3. The fourth-order valence-electron chi connectivity index (χ4n) is 3.76. The van der Waals surface area contributed by atoms with E-state index in [2.05, 4.69) is 15.7 Å². The number of ether oxygens (including phenoxy) is 1. The monoisotopic (exact) mass is 512 g/mol. The first-order chi connectivity index (χ1) is 16.0. The molecule has 1 aliphatic rings. The number of thiophene rings is 2. The summed E-state index contributed by atoms with van der Waals surface area (Å²) in [5, 5.41) is 11.8. The quantitative estimate of drug-likeness (QED) is 0.404. The molecule has 0 saturated carbocycles.